The van der Waals surface area contributed by atoms with E-state index in [0.717, 1.165) is 21.1 Å². The number of halogens is 1. The minimum absolute atomic E-state index is 0.573. The molecule has 0 fully saturated rings. The van der Waals surface area contributed by atoms with Gasteiger partial charge in [0.25, 0.3) is 0 Å². The molecule has 0 spiro atoms. The van der Waals surface area contributed by atoms with Gasteiger partial charge in [-0.15, -0.1) is 22.7 Å². The number of nitriles is 1. The topological polar surface area (TPSA) is 36.7 Å². The Morgan fingerprint density at radius 1 is 1.07 bits per heavy atom. The molecule has 0 aliphatic rings. The van der Waals surface area contributed by atoms with E-state index in [9.17, 15) is 5.26 Å². The maximum atomic E-state index is 9.66. The standard InChI is InChI=1S/C23H15ClN2S3/c1-15-2-8-19(9-3-15)28-22-11-10-20(29-22)12-17(13-25)23-26-21(14-27-23)16-4-6-18(24)7-5-16/h2-12,14H,1H3/b17-12+. The second-order valence-corrected chi connectivity index (χ2v) is 10.1. The highest BCUT2D eigenvalue weighted by Crippen LogP contribution is 2.35. The van der Waals surface area contributed by atoms with Crippen LogP contribution in [0.5, 0.6) is 0 Å². The van der Waals surface area contributed by atoms with Crippen molar-refractivity contribution in [3.63, 3.8) is 0 Å². The van der Waals surface area contributed by atoms with Crippen molar-refractivity contribution in [1.82, 2.24) is 4.98 Å². The van der Waals surface area contributed by atoms with Crippen molar-refractivity contribution < 1.29 is 0 Å². The number of rotatable bonds is 5. The van der Waals surface area contributed by atoms with E-state index in [2.05, 4.69) is 48.3 Å². The Hall–Kier alpha value is -2.36. The average Bonchev–Trinajstić information content (AvgIpc) is 3.38. The van der Waals surface area contributed by atoms with E-state index < -0.39 is 0 Å². The Morgan fingerprint density at radius 3 is 2.55 bits per heavy atom. The first-order valence-corrected chi connectivity index (χ1v) is 11.7. The minimum Gasteiger partial charge on any atom is -0.235 e. The molecule has 0 radical (unpaired) electrons. The molecule has 0 atom stereocenters. The van der Waals surface area contributed by atoms with Gasteiger partial charge in [0.1, 0.15) is 11.1 Å². The van der Waals surface area contributed by atoms with Gasteiger partial charge < -0.3 is 0 Å². The molecule has 0 amide bonds. The molecule has 2 aromatic heterocycles. The maximum Gasteiger partial charge on any atom is 0.134 e. The quantitative estimate of drug-likeness (QED) is 0.288. The third kappa shape index (κ3) is 4.98. The normalized spacial score (nSPS) is 11.4. The monoisotopic (exact) mass is 450 g/mol. The molecule has 0 unspecified atom stereocenters. The van der Waals surface area contributed by atoms with E-state index in [0.29, 0.717) is 10.6 Å². The molecule has 0 saturated carbocycles. The van der Waals surface area contributed by atoms with Crippen LogP contribution in [-0.2, 0) is 0 Å². The Bertz CT molecular complexity index is 1200. The van der Waals surface area contributed by atoms with Crippen molar-refractivity contribution >= 4 is 57.7 Å². The summed E-state index contributed by atoms with van der Waals surface area (Å²) in [6.07, 6.45) is 1.91. The summed E-state index contributed by atoms with van der Waals surface area (Å²) in [7, 11) is 0. The summed E-state index contributed by atoms with van der Waals surface area (Å²) in [5.41, 5.74) is 3.67. The molecule has 6 heteroatoms. The predicted octanol–water partition coefficient (Wildman–Crippen LogP) is 8.05. The van der Waals surface area contributed by atoms with Crippen molar-refractivity contribution in [3.8, 4) is 17.3 Å². The third-order valence-corrected chi connectivity index (χ3v) is 7.42. The van der Waals surface area contributed by atoms with Crippen LogP contribution in [0.25, 0.3) is 22.9 Å². The number of hydrogen-bond donors (Lipinski definition) is 0. The lowest BCUT2D eigenvalue weighted by atomic mass is 10.2. The van der Waals surface area contributed by atoms with Crippen LogP contribution in [0.1, 0.15) is 15.4 Å². The second-order valence-electron chi connectivity index (χ2n) is 6.29. The van der Waals surface area contributed by atoms with Crippen molar-refractivity contribution in [3.05, 3.63) is 86.5 Å². The number of thiazole rings is 1. The van der Waals surface area contributed by atoms with Gasteiger partial charge in [-0.1, -0.05) is 53.2 Å². The molecule has 2 heterocycles. The molecular weight excluding hydrogens is 436 g/mol. The summed E-state index contributed by atoms with van der Waals surface area (Å²) in [6, 6.07) is 22.5. The highest BCUT2D eigenvalue weighted by molar-refractivity contribution is 8.01. The highest BCUT2D eigenvalue weighted by atomic mass is 35.5. The number of aryl methyl sites for hydroxylation is 1. The first-order valence-electron chi connectivity index (χ1n) is 8.79. The molecule has 0 saturated heterocycles. The zero-order valence-electron chi connectivity index (χ0n) is 15.4. The largest absolute Gasteiger partial charge is 0.235 e. The Kier molecular flexibility index (Phi) is 6.17. The molecule has 4 aromatic rings. The van der Waals surface area contributed by atoms with E-state index in [1.165, 1.54) is 26.0 Å². The van der Waals surface area contributed by atoms with E-state index in [4.69, 9.17) is 11.6 Å². The number of hydrogen-bond acceptors (Lipinski definition) is 5. The SMILES string of the molecule is Cc1ccc(Sc2ccc(/C=C(\C#N)c3nc(-c4ccc(Cl)cc4)cs3)s2)cc1. The average molecular weight is 451 g/mol. The molecule has 0 bridgehead atoms. The molecule has 142 valence electrons. The second kappa shape index (κ2) is 8.98. The molecule has 0 N–H and O–H groups in total. The highest BCUT2D eigenvalue weighted by Gasteiger charge is 2.10. The van der Waals surface area contributed by atoms with Crippen molar-refractivity contribution in [2.24, 2.45) is 0 Å². The van der Waals surface area contributed by atoms with Gasteiger partial charge in [-0.2, -0.15) is 5.26 Å². The van der Waals surface area contributed by atoms with Gasteiger partial charge >= 0.3 is 0 Å². The van der Waals surface area contributed by atoms with Crippen LogP contribution in [0.3, 0.4) is 0 Å². The Labute approximate surface area is 187 Å². The van der Waals surface area contributed by atoms with Crippen LogP contribution in [0, 0.1) is 18.3 Å². The molecule has 2 nitrogen and oxygen atoms in total. The van der Waals surface area contributed by atoms with Crippen molar-refractivity contribution in [2.75, 3.05) is 0 Å². The fourth-order valence-corrected chi connectivity index (χ4v) is 5.61. The van der Waals surface area contributed by atoms with Crippen molar-refractivity contribution in [1.29, 1.82) is 5.26 Å². The summed E-state index contributed by atoms with van der Waals surface area (Å²) in [5, 5.41) is 13.0. The van der Waals surface area contributed by atoms with Crippen LogP contribution < -0.4 is 0 Å². The summed E-state index contributed by atoms with van der Waals surface area (Å²) >= 11 is 10.8. The Balaban J connectivity index is 1.54. The van der Waals surface area contributed by atoms with E-state index >= 15 is 0 Å². The molecular formula is C23H15ClN2S3. The minimum atomic E-state index is 0.573. The number of aromatic nitrogens is 1. The van der Waals surface area contributed by atoms with Gasteiger partial charge in [0, 0.05) is 25.7 Å². The first-order chi connectivity index (χ1) is 14.1. The third-order valence-electron chi connectivity index (χ3n) is 4.12. The lowest BCUT2D eigenvalue weighted by Crippen LogP contribution is -1.82. The van der Waals surface area contributed by atoms with Crippen molar-refractivity contribution in [2.45, 2.75) is 16.0 Å². The fourth-order valence-electron chi connectivity index (χ4n) is 2.62. The summed E-state index contributed by atoms with van der Waals surface area (Å²) in [6.45, 7) is 2.09. The lowest BCUT2D eigenvalue weighted by molar-refractivity contribution is 1.37. The number of allylic oxidation sites excluding steroid dienone is 1. The van der Waals surface area contributed by atoms with Crippen LogP contribution in [0.4, 0.5) is 0 Å². The molecule has 4 rings (SSSR count). The van der Waals surface area contributed by atoms with Crippen LogP contribution in [0.15, 0.2) is 75.1 Å². The van der Waals surface area contributed by atoms with E-state index in [1.807, 2.05) is 41.8 Å². The zero-order valence-corrected chi connectivity index (χ0v) is 18.6. The molecule has 0 aliphatic carbocycles. The molecule has 2 aromatic carbocycles. The predicted molar refractivity (Wildman–Crippen MR) is 126 cm³/mol. The van der Waals surface area contributed by atoms with E-state index in [1.54, 1.807) is 23.1 Å². The van der Waals surface area contributed by atoms with E-state index in [-0.39, 0.29) is 0 Å². The fraction of sp³-hybridized carbons (Fsp3) is 0.0435. The summed E-state index contributed by atoms with van der Waals surface area (Å²) in [5.74, 6) is 0. The first kappa shape index (κ1) is 19.9. The number of thiophene rings is 1. The van der Waals surface area contributed by atoms with Gasteiger partial charge in [-0.05, 0) is 49.4 Å². The number of benzene rings is 2. The number of nitrogens with zero attached hydrogens (tertiary/aromatic N) is 2. The van der Waals surface area contributed by atoms with Crippen LogP contribution in [0.2, 0.25) is 5.02 Å². The lowest BCUT2D eigenvalue weighted by Gasteiger charge is -1.98. The van der Waals surface area contributed by atoms with Crippen LogP contribution in [-0.4, -0.2) is 4.98 Å². The smallest absolute Gasteiger partial charge is 0.134 e. The van der Waals surface area contributed by atoms with Crippen LogP contribution >= 0.6 is 46.0 Å². The van der Waals surface area contributed by atoms with Gasteiger partial charge in [-0.3, -0.25) is 0 Å². The molecule has 0 aliphatic heterocycles. The van der Waals surface area contributed by atoms with Gasteiger partial charge in [0.05, 0.1) is 15.5 Å². The summed E-state index contributed by atoms with van der Waals surface area (Å²) in [4.78, 5) is 6.89. The Morgan fingerprint density at radius 2 is 1.83 bits per heavy atom. The summed E-state index contributed by atoms with van der Waals surface area (Å²) < 4.78 is 1.19. The zero-order chi connectivity index (χ0) is 20.2. The van der Waals surface area contributed by atoms with Gasteiger partial charge in [-0.25, -0.2) is 4.98 Å². The van der Waals surface area contributed by atoms with Gasteiger partial charge in [0.15, 0.2) is 0 Å². The molecule has 29 heavy (non-hydrogen) atoms. The maximum absolute atomic E-state index is 9.66. The van der Waals surface area contributed by atoms with Gasteiger partial charge in [0.2, 0.25) is 0 Å².